The van der Waals surface area contributed by atoms with Crippen LogP contribution >= 0.6 is 0 Å². The van der Waals surface area contributed by atoms with E-state index in [1.165, 1.54) is 0 Å². The van der Waals surface area contributed by atoms with Gasteiger partial charge in [0.15, 0.2) is 0 Å². The number of nitrogens with one attached hydrogen (secondary N) is 2. The number of hydrogen-bond acceptors (Lipinski definition) is 5. The second kappa shape index (κ2) is 4.52. The van der Waals surface area contributed by atoms with Crippen molar-refractivity contribution in [2.45, 2.75) is 42.9 Å². The van der Waals surface area contributed by atoms with E-state index in [9.17, 15) is 13.4 Å². The van der Waals surface area contributed by atoms with E-state index in [1.54, 1.807) is 12.2 Å². The lowest BCUT2D eigenvalue weighted by Crippen LogP contribution is -2.75. The van der Waals surface area contributed by atoms with Gasteiger partial charge in [0.1, 0.15) is 11.4 Å². The van der Waals surface area contributed by atoms with Gasteiger partial charge >= 0.3 is 7.12 Å². The first kappa shape index (κ1) is 15.2. The summed E-state index contributed by atoms with van der Waals surface area (Å²) in [6.45, 7) is 0. The van der Waals surface area contributed by atoms with Gasteiger partial charge in [0.2, 0.25) is 10.0 Å². The maximum Gasteiger partial charge on any atom is 0.552 e. The molecule has 0 unspecified atom stereocenters. The van der Waals surface area contributed by atoms with Crippen molar-refractivity contribution >= 4 is 33.7 Å². The fourth-order valence-corrected chi connectivity index (χ4v) is 6.88. The Morgan fingerprint density at radius 3 is 2.85 bits per heavy atom. The number of sulfonamides is 1. The predicted octanol–water partition coefficient (Wildman–Crippen LogP) is 1.36. The highest BCUT2D eigenvalue weighted by molar-refractivity contribution is 7.90. The average molecular weight is 371 g/mol. The molecule has 0 spiro atoms. The van der Waals surface area contributed by atoms with Crippen LogP contribution < -0.4 is 9.38 Å². The highest BCUT2D eigenvalue weighted by Crippen LogP contribution is 2.73. The minimum absolute atomic E-state index is 0.0862. The van der Waals surface area contributed by atoms with Gasteiger partial charge in [-0.15, -0.1) is 0 Å². The Labute approximate surface area is 151 Å². The molecule has 5 aliphatic rings. The summed E-state index contributed by atoms with van der Waals surface area (Å²) in [4.78, 5) is 7.45. The highest BCUT2D eigenvalue weighted by atomic mass is 32.2. The fourth-order valence-electron chi connectivity index (χ4n) is 5.13. The van der Waals surface area contributed by atoms with Gasteiger partial charge < -0.3 is 14.7 Å². The van der Waals surface area contributed by atoms with Gasteiger partial charge in [-0.05, 0) is 49.7 Å². The SMILES string of the molecule is O=S(=O)(NC12CC(C3=CB(O)Oc4cnc5[nH]ccc5c43)(C1)C2)C1CC1. The minimum atomic E-state index is -3.18. The molecule has 4 aliphatic carbocycles. The van der Waals surface area contributed by atoms with E-state index in [0.717, 1.165) is 54.3 Å². The van der Waals surface area contributed by atoms with Crippen molar-refractivity contribution < 1.29 is 18.1 Å². The Morgan fingerprint density at radius 2 is 2.12 bits per heavy atom. The van der Waals surface area contributed by atoms with Gasteiger partial charge in [0.05, 0.1) is 11.4 Å². The van der Waals surface area contributed by atoms with Crippen LogP contribution in [0.2, 0.25) is 0 Å². The van der Waals surface area contributed by atoms with E-state index in [4.69, 9.17) is 4.65 Å². The molecule has 1 aliphatic heterocycles. The lowest BCUT2D eigenvalue weighted by molar-refractivity contribution is -0.0925. The van der Waals surface area contributed by atoms with Crippen LogP contribution in [0, 0.1) is 5.41 Å². The third-order valence-corrected chi connectivity index (χ3v) is 8.37. The van der Waals surface area contributed by atoms with Crippen molar-refractivity contribution in [2.24, 2.45) is 5.41 Å². The van der Waals surface area contributed by atoms with Crippen molar-refractivity contribution in [1.29, 1.82) is 0 Å². The van der Waals surface area contributed by atoms with Crippen LogP contribution in [0.1, 0.15) is 37.7 Å². The van der Waals surface area contributed by atoms with Crippen LogP contribution in [0.4, 0.5) is 0 Å². The topological polar surface area (TPSA) is 104 Å². The molecular formula is C17H18BN3O4S. The van der Waals surface area contributed by atoms with Gasteiger partial charge in [0, 0.05) is 28.1 Å². The Hall–Kier alpha value is -1.84. The molecule has 2 aromatic heterocycles. The zero-order chi connectivity index (χ0) is 17.7. The minimum Gasteiger partial charge on any atom is -0.531 e. The number of hydrogen-bond donors (Lipinski definition) is 3. The summed E-state index contributed by atoms with van der Waals surface area (Å²) in [5.74, 6) is 2.35. The summed E-state index contributed by atoms with van der Waals surface area (Å²) >= 11 is 0. The van der Waals surface area contributed by atoms with Crippen molar-refractivity contribution in [3.05, 3.63) is 30.0 Å². The maximum atomic E-state index is 12.3. The van der Waals surface area contributed by atoms with Crippen molar-refractivity contribution in [3.8, 4) is 5.75 Å². The molecule has 0 saturated heterocycles. The summed E-state index contributed by atoms with van der Waals surface area (Å²) in [7, 11) is -4.18. The fraction of sp³-hybridized carbons (Fsp3) is 0.471. The highest BCUT2D eigenvalue weighted by Gasteiger charge is 2.71. The van der Waals surface area contributed by atoms with Crippen LogP contribution in [-0.2, 0) is 10.0 Å². The lowest BCUT2D eigenvalue weighted by atomic mass is 9.36. The monoisotopic (exact) mass is 371 g/mol. The van der Waals surface area contributed by atoms with E-state index >= 15 is 0 Å². The number of pyridine rings is 1. The number of allylic oxidation sites excluding steroid dienone is 1. The van der Waals surface area contributed by atoms with Gasteiger partial charge in [-0.2, -0.15) is 0 Å². The molecule has 0 radical (unpaired) electrons. The first-order chi connectivity index (χ1) is 12.4. The molecule has 7 nitrogen and oxygen atoms in total. The molecule has 2 bridgehead atoms. The molecule has 0 atom stereocenters. The molecule has 134 valence electrons. The number of aromatic amines is 1. The molecule has 3 N–H and O–H groups in total. The third kappa shape index (κ3) is 1.91. The molecule has 4 fully saturated rings. The average Bonchev–Trinajstić information content (AvgIpc) is 3.27. The molecule has 9 heteroatoms. The number of rotatable bonds is 4. The molecule has 2 aromatic rings. The third-order valence-electron chi connectivity index (χ3n) is 6.30. The zero-order valence-corrected chi connectivity index (χ0v) is 14.8. The Bertz CT molecular complexity index is 1070. The molecule has 0 amide bonds. The largest absolute Gasteiger partial charge is 0.552 e. The van der Waals surface area contributed by atoms with Crippen LogP contribution in [0.15, 0.2) is 24.4 Å². The molecular weight excluding hydrogens is 353 g/mol. The van der Waals surface area contributed by atoms with Crippen LogP contribution in [0.5, 0.6) is 5.75 Å². The Morgan fingerprint density at radius 1 is 1.35 bits per heavy atom. The van der Waals surface area contributed by atoms with Crippen LogP contribution in [0.25, 0.3) is 16.6 Å². The molecule has 7 rings (SSSR count). The Kier molecular flexibility index (Phi) is 2.65. The van der Waals surface area contributed by atoms with Gasteiger partial charge in [-0.25, -0.2) is 18.1 Å². The number of nitrogens with zero attached hydrogens (tertiary/aromatic N) is 1. The quantitative estimate of drug-likeness (QED) is 0.704. The molecule has 3 heterocycles. The summed E-state index contributed by atoms with van der Waals surface area (Å²) in [6, 6.07) is 1.97. The lowest BCUT2D eigenvalue weighted by Gasteiger charge is -2.71. The van der Waals surface area contributed by atoms with Crippen molar-refractivity contribution in [3.63, 3.8) is 0 Å². The second-order valence-electron chi connectivity index (χ2n) is 8.26. The zero-order valence-electron chi connectivity index (χ0n) is 14.0. The number of aromatic nitrogens is 2. The van der Waals surface area contributed by atoms with E-state index in [1.807, 2.05) is 12.3 Å². The van der Waals surface area contributed by atoms with Crippen LogP contribution in [0.3, 0.4) is 0 Å². The first-order valence-electron chi connectivity index (χ1n) is 8.96. The standard InChI is InChI=1S/C17H18BN3O4S/c22-18-5-12(14-11-3-4-19-15(11)20-6-13(14)25-18)16-7-17(8-16,9-16)21-26(23,24)10-1-2-10/h3-6,10,21-22H,1-2,7-9H2,(H,19,20). The Balaban J connectivity index is 1.35. The van der Waals surface area contributed by atoms with E-state index < -0.39 is 17.1 Å². The molecule has 26 heavy (non-hydrogen) atoms. The predicted molar refractivity (Wildman–Crippen MR) is 96.8 cm³/mol. The van der Waals surface area contributed by atoms with E-state index in [0.29, 0.717) is 5.75 Å². The van der Waals surface area contributed by atoms with E-state index in [2.05, 4.69) is 14.7 Å². The smallest absolute Gasteiger partial charge is 0.531 e. The summed E-state index contributed by atoms with van der Waals surface area (Å²) in [5.41, 5.74) is 2.43. The van der Waals surface area contributed by atoms with Crippen LogP contribution in [-0.4, -0.2) is 41.3 Å². The summed E-state index contributed by atoms with van der Waals surface area (Å²) < 4.78 is 33.1. The first-order valence-corrected chi connectivity index (χ1v) is 10.5. The second-order valence-corrected chi connectivity index (χ2v) is 10.2. The number of fused-ring (bicyclic) bond motifs is 3. The van der Waals surface area contributed by atoms with Gasteiger partial charge in [0.25, 0.3) is 0 Å². The molecule has 0 aromatic carbocycles. The summed E-state index contributed by atoms with van der Waals surface area (Å²) in [5, 5.41) is 10.9. The number of H-pyrrole nitrogens is 1. The van der Waals surface area contributed by atoms with E-state index in [-0.39, 0.29) is 16.2 Å². The normalized spacial score (nSPS) is 32.3. The van der Waals surface area contributed by atoms with Crippen molar-refractivity contribution in [2.75, 3.05) is 0 Å². The summed E-state index contributed by atoms with van der Waals surface area (Å²) in [6.07, 6.45) is 7.36. The maximum absolute atomic E-state index is 12.3. The molecule has 4 saturated carbocycles. The van der Waals surface area contributed by atoms with Crippen molar-refractivity contribution in [1.82, 2.24) is 14.7 Å². The van der Waals surface area contributed by atoms with Gasteiger partial charge in [-0.1, -0.05) is 0 Å². The van der Waals surface area contributed by atoms with Gasteiger partial charge in [-0.3, -0.25) is 0 Å².